The zero-order chi connectivity index (χ0) is 33.6. The first kappa shape index (κ1) is 32.2. The summed E-state index contributed by atoms with van der Waals surface area (Å²) in [5.41, 5.74) is -2.34. The van der Waals surface area contributed by atoms with E-state index in [1.165, 1.54) is 23.1 Å². The van der Waals surface area contributed by atoms with Gasteiger partial charge in [-0.2, -0.15) is 28.4 Å². The largest absolute Gasteiger partial charge is 0.465 e. The van der Waals surface area contributed by atoms with Gasteiger partial charge in [-0.15, -0.1) is 0 Å². The van der Waals surface area contributed by atoms with Gasteiger partial charge in [0.15, 0.2) is 11.3 Å². The van der Waals surface area contributed by atoms with Crippen LogP contribution in [0.3, 0.4) is 0 Å². The maximum absolute atomic E-state index is 14.8. The lowest BCUT2D eigenvalue weighted by Crippen LogP contribution is -2.55. The quantitative estimate of drug-likeness (QED) is 0.291. The molecule has 4 heterocycles. The van der Waals surface area contributed by atoms with Gasteiger partial charge in [0.05, 0.1) is 29.2 Å². The second kappa shape index (κ2) is 12.5. The molecular weight excluding hydrogens is 648 g/mol. The Bertz CT molecular complexity index is 1960. The molecule has 2 fully saturated rings. The number of halogens is 5. The van der Waals surface area contributed by atoms with Gasteiger partial charge in [-0.05, 0) is 31.0 Å². The van der Waals surface area contributed by atoms with Crippen LogP contribution < -0.4 is 15.2 Å². The van der Waals surface area contributed by atoms with Gasteiger partial charge in [-0.1, -0.05) is 35.9 Å². The first-order valence-electron chi connectivity index (χ1n) is 14.6. The van der Waals surface area contributed by atoms with Crippen LogP contribution in [0.1, 0.15) is 18.7 Å². The minimum Gasteiger partial charge on any atom is -0.465 e. The van der Waals surface area contributed by atoms with Gasteiger partial charge in [0.1, 0.15) is 18.3 Å². The van der Waals surface area contributed by atoms with Gasteiger partial charge in [0.2, 0.25) is 5.82 Å². The summed E-state index contributed by atoms with van der Waals surface area (Å²) in [7, 11) is 1.72. The summed E-state index contributed by atoms with van der Waals surface area (Å²) in [5, 5.41) is 19.8. The lowest BCUT2D eigenvalue weighted by atomic mass is 10.1. The molecule has 1 N–H and O–H groups in total. The molecule has 17 heteroatoms. The molecule has 0 saturated carbocycles. The Morgan fingerprint density at radius 1 is 1.11 bits per heavy atom. The molecule has 12 nitrogen and oxygen atoms in total. The summed E-state index contributed by atoms with van der Waals surface area (Å²) in [6, 6.07) is 9.56. The van der Waals surface area contributed by atoms with Gasteiger partial charge < -0.3 is 19.6 Å². The second-order valence-electron chi connectivity index (χ2n) is 11.4. The number of likely N-dealkylation sites (N-methyl/N-ethyl adjacent to an activating group) is 1. The van der Waals surface area contributed by atoms with Crippen molar-refractivity contribution in [2.24, 2.45) is 0 Å². The van der Waals surface area contributed by atoms with E-state index in [0.29, 0.717) is 9.95 Å². The standard InChI is InChI=1S/C30H27ClF4N8O4/c1-40-13-17(32)12-19(40)15-47-28-38-24-23(25(39-28)41-10-11-42(29(45)46)18(14-41)8-9-36)37-27(30(33,34)35)43(26(24)44)21-7-3-5-16-4-2-6-20(31)22(16)21/h2-7,17-19H,8,10-15H2,1H3,(H,45,46)/t17-,18?,19+/m1/s1. The van der Waals surface area contributed by atoms with Gasteiger partial charge in [0, 0.05) is 37.6 Å². The molecule has 3 atom stereocenters. The number of fused-ring (bicyclic) bond motifs is 2. The van der Waals surface area contributed by atoms with Crippen molar-refractivity contribution in [1.29, 1.82) is 5.26 Å². The normalized spacial score (nSPS) is 20.6. The van der Waals surface area contributed by atoms with Gasteiger partial charge in [0.25, 0.3) is 5.56 Å². The minimum absolute atomic E-state index is 0.0419. The van der Waals surface area contributed by atoms with Crippen LogP contribution >= 0.6 is 11.6 Å². The van der Waals surface area contributed by atoms with E-state index in [4.69, 9.17) is 16.3 Å². The third-order valence-electron chi connectivity index (χ3n) is 8.40. The van der Waals surface area contributed by atoms with Crippen LogP contribution in [0.25, 0.3) is 27.5 Å². The third-order valence-corrected chi connectivity index (χ3v) is 8.72. The summed E-state index contributed by atoms with van der Waals surface area (Å²) in [6.07, 6.45) is -7.50. The zero-order valence-corrected chi connectivity index (χ0v) is 25.5. The van der Waals surface area contributed by atoms with Crippen molar-refractivity contribution in [2.45, 2.75) is 37.3 Å². The van der Waals surface area contributed by atoms with Crippen LogP contribution in [0, 0.1) is 11.3 Å². The van der Waals surface area contributed by atoms with E-state index in [-0.39, 0.29) is 79.6 Å². The smallest absolute Gasteiger partial charge is 0.450 e. The number of hydrogen-bond donors (Lipinski definition) is 1. The van der Waals surface area contributed by atoms with Crippen molar-refractivity contribution in [1.82, 2.24) is 29.3 Å². The Hall–Kier alpha value is -4.75. The molecule has 246 valence electrons. The Labute approximate surface area is 269 Å². The number of aromatic nitrogens is 4. The summed E-state index contributed by atoms with van der Waals surface area (Å²) >= 11 is 6.43. The van der Waals surface area contributed by atoms with E-state index in [2.05, 4.69) is 15.0 Å². The number of likely N-dealkylation sites (tertiary alicyclic amines) is 1. The first-order chi connectivity index (χ1) is 22.4. The molecule has 1 amide bonds. The average molecular weight is 675 g/mol. The van der Waals surface area contributed by atoms with Crippen LogP contribution in [0.2, 0.25) is 5.02 Å². The molecule has 0 bridgehead atoms. The van der Waals surface area contributed by atoms with Crippen LogP contribution in [0.15, 0.2) is 41.2 Å². The number of ether oxygens (including phenoxy) is 1. The first-order valence-corrected chi connectivity index (χ1v) is 14.9. The number of nitrogens with zero attached hydrogens (tertiary/aromatic N) is 8. The summed E-state index contributed by atoms with van der Waals surface area (Å²) in [4.78, 5) is 42.9. The number of nitriles is 1. The molecule has 2 saturated heterocycles. The van der Waals surface area contributed by atoms with Crippen LogP contribution in [-0.2, 0) is 6.18 Å². The molecular formula is C30H27ClF4N8O4. The maximum atomic E-state index is 14.8. The molecule has 0 spiro atoms. The molecule has 2 aromatic heterocycles. The number of amides is 1. The average Bonchev–Trinajstić information content (AvgIpc) is 3.35. The Balaban J connectivity index is 1.57. The molecule has 4 aromatic rings. The predicted molar refractivity (Wildman–Crippen MR) is 163 cm³/mol. The monoisotopic (exact) mass is 674 g/mol. The maximum Gasteiger partial charge on any atom is 0.450 e. The highest BCUT2D eigenvalue weighted by Gasteiger charge is 2.40. The van der Waals surface area contributed by atoms with Crippen molar-refractivity contribution < 1.29 is 32.2 Å². The molecule has 6 rings (SSSR count). The molecule has 0 radical (unpaired) electrons. The highest BCUT2D eigenvalue weighted by Crippen LogP contribution is 2.36. The van der Waals surface area contributed by atoms with Crippen molar-refractivity contribution >= 4 is 45.3 Å². The molecule has 2 aliphatic heterocycles. The van der Waals surface area contributed by atoms with E-state index in [9.17, 15) is 37.5 Å². The van der Waals surface area contributed by atoms with Crippen molar-refractivity contribution in [3.8, 4) is 17.8 Å². The van der Waals surface area contributed by atoms with Crippen LogP contribution in [0.4, 0.5) is 28.2 Å². The molecule has 2 aromatic carbocycles. The fraction of sp³-hybridized carbons (Fsp3) is 0.400. The van der Waals surface area contributed by atoms with Crippen molar-refractivity contribution in [3.05, 3.63) is 57.6 Å². The molecule has 1 unspecified atom stereocenters. The number of rotatable bonds is 6. The highest BCUT2D eigenvalue weighted by atomic mass is 35.5. The van der Waals surface area contributed by atoms with E-state index in [1.54, 1.807) is 30.1 Å². The number of benzene rings is 2. The summed E-state index contributed by atoms with van der Waals surface area (Å²) in [6.45, 7) is -0.168. The summed E-state index contributed by atoms with van der Waals surface area (Å²) in [5.74, 6) is -1.76. The highest BCUT2D eigenvalue weighted by molar-refractivity contribution is 6.36. The number of hydrogen-bond acceptors (Lipinski definition) is 9. The zero-order valence-electron chi connectivity index (χ0n) is 24.8. The van der Waals surface area contributed by atoms with Gasteiger partial charge in [-0.25, -0.2) is 14.2 Å². The van der Waals surface area contributed by atoms with E-state index in [0.717, 1.165) is 4.90 Å². The molecule has 2 aliphatic rings. The van der Waals surface area contributed by atoms with E-state index < -0.39 is 46.9 Å². The number of piperazine rings is 1. The fourth-order valence-corrected chi connectivity index (χ4v) is 6.43. The minimum atomic E-state index is -5.13. The number of anilines is 1. The summed E-state index contributed by atoms with van der Waals surface area (Å²) < 4.78 is 64.6. The predicted octanol–water partition coefficient (Wildman–Crippen LogP) is 4.50. The lowest BCUT2D eigenvalue weighted by molar-refractivity contribution is -0.146. The van der Waals surface area contributed by atoms with E-state index in [1.807, 2.05) is 6.07 Å². The van der Waals surface area contributed by atoms with Crippen molar-refractivity contribution in [2.75, 3.05) is 44.7 Å². The number of carboxylic acid groups (broad SMARTS) is 1. The second-order valence-corrected chi connectivity index (χ2v) is 11.8. The number of alkyl halides is 4. The Kier molecular flexibility index (Phi) is 8.53. The van der Waals surface area contributed by atoms with Crippen LogP contribution in [0.5, 0.6) is 6.01 Å². The molecule has 0 aliphatic carbocycles. The third kappa shape index (κ3) is 6.08. The molecule has 47 heavy (non-hydrogen) atoms. The van der Waals surface area contributed by atoms with Gasteiger partial charge in [-0.3, -0.25) is 14.3 Å². The lowest BCUT2D eigenvalue weighted by Gasteiger charge is -2.39. The number of carbonyl (C=O) groups is 1. The fourth-order valence-electron chi connectivity index (χ4n) is 6.15. The Morgan fingerprint density at radius 2 is 1.85 bits per heavy atom. The SMILES string of the molecule is CN1C[C@H](F)C[C@H]1COc1nc(N2CCN(C(=O)O)C(CC#N)C2)c2nc(C(F)(F)F)n(-c3cccc4cccc(Cl)c34)c(=O)c2n1. The van der Waals surface area contributed by atoms with Crippen LogP contribution in [-0.4, -0.2) is 98.6 Å². The Morgan fingerprint density at radius 3 is 2.51 bits per heavy atom. The van der Waals surface area contributed by atoms with Gasteiger partial charge >= 0.3 is 18.3 Å². The van der Waals surface area contributed by atoms with E-state index >= 15 is 0 Å². The topological polar surface area (TPSA) is 141 Å². The van der Waals surface area contributed by atoms with Crippen molar-refractivity contribution in [3.63, 3.8) is 0 Å².